The van der Waals surface area contributed by atoms with Gasteiger partial charge < -0.3 is 10.0 Å². The van der Waals surface area contributed by atoms with Crippen LogP contribution in [0.5, 0.6) is 0 Å². The van der Waals surface area contributed by atoms with Crippen molar-refractivity contribution in [2.45, 2.75) is 0 Å². The lowest BCUT2D eigenvalue weighted by atomic mass is 9.79. The number of sulfonamides is 1. The van der Waals surface area contributed by atoms with Crippen molar-refractivity contribution in [3.63, 3.8) is 0 Å². The van der Waals surface area contributed by atoms with Crippen molar-refractivity contribution in [2.24, 2.45) is 0 Å². The van der Waals surface area contributed by atoms with E-state index < -0.39 is 28.7 Å². The number of halogens is 1. The molecular formula is C8H8BFN2O4S. The number of nitrogens with one attached hydrogen (secondary N) is 1. The van der Waals surface area contributed by atoms with Crippen LogP contribution in [0.4, 0.5) is 10.1 Å². The lowest BCUT2D eigenvalue weighted by Crippen LogP contribution is -2.34. The highest BCUT2D eigenvalue weighted by Crippen LogP contribution is 2.09. The van der Waals surface area contributed by atoms with Crippen molar-refractivity contribution < 1.29 is 22.9 Å². The van der Waals surface area contributed by atoms with Gasteiger partial charge in [0.25, 0.3) is 0 Å². The molecule has 3 N–H and O–H groups in total. The molecule has 1 aromatic carbocycles. The third-order valence-electron chi connectivity index (χ3n) is 1.81. The first-order valence-corrected chi connectivity index (χ1v) is 6.04. The standard InChI is InChI=1S/C8H8BFN2O4S/c10-6-1-2-8(7(5-6)9(13)14)12-17(15,16)4-3-11/h1-2,5,12-14H,4H2. The summed E-state index contributed by atoms with van der Waals surface area (Å²) in [7, 11) is -5.93. The summed E-state index contributed by atoms with van der Waals surface area (Å²) in [6.45, 7) is 0. The molecule has 17 heavy (non-hydrogen) atoms. The lowest BCUT2D eigenvalue weighted by Gasteiger charge is -2.10. The fourth-order valence-corrected chi connectivity index (χ4v) is 1.89. The SMILES string of the molecule is N#CCS(=O)(=O)Nc1ccc(F)cc1B(O)O. The molecule has 0 spiro atoms. The molecule has 0 saturated carbocycles. The van der Waals surface area contributed by atoms with E-state index >= 15 is 0 Å². The molecule has 0 bridgehead atoms. The molecule has 0 aliphatic rings. The molecule has 0 atom stereocenters. The number of anilines is 1. The molecule has 9 heteroatoms. The Morgan fingerprint density at radius 2 is 2.12 bits per heavy atom. The fourth-order valence-electron chi connectivity index (χ4n) is 1.13. The van der Waals surface area contributed by atoms with Gasteiger partial charge >= 0.3 is 7.12 Å². The monoisotopic (exact) mass is 258 g/mol. The van der Waals surface area contributed by atoms with Gasteiger partial charge in [-0.15, -0.1) is 0 Å². The maximum Gasteiger partial charge on any atom is 0.490 e. The molecule has 1 aromatic rings. The first-order chi connectivity index (χ1) is 7.85. The van der Waals surface area contributed by atoms with Gasteiger partial charge in [0.05, 0.1) is 6.07 Å². The van der Waals surface area contributed by atoms with E-state index in [0.29, 0.717) is 0 Å². The van der Waals surface area contributed by atoms with E-state index in [0.717, 1.165) is 18.2 Å². The number of nitriles is 1. The summed E-state index contributed by atoms with van der Waals surface area (Å²) < 4.78 is 37.3. The number of hydrogen-bond acceptors (Lipinski definition) is 5. The Hall–Kier alpha value is -1.63. The summed E-state index contributed by atoms with van der Waals surface area (Å²) in [4.78, 5) is 0. The van der Waals surface area contributed by atoms with Crippen LogP contribution >= 0.6 is 0 Å². The number of hydrogen-bond donors (Lipinski definition) is 3. The smallest absolute Gasteiger partial charge is 0.423 e. The van der Waals surface area contributed by atoms with Crippen molar-refractivity contribution in [1.82, 2.24) is 0 Å². The van der Waals surface area contributed by atoms with E-state index in [-0.39, 0.29) is 11.2 Å². The van der Waals surface area contributed by atoms with Crippen LogP contribution in [-0.2, 0) is 10.0 Å². The Morgan fingerprint density at radius 3 is 2.65 bits per heavy atom. The van der Waals surface area contributed by atoms with E-state index in [1.165, 1.54) is 6.07 Å². The summed E-state index contributed by atoms with van der Waals surface area (Å²) >= 11 is 0. The predicted molar refractivity (Wildman–Crippen MR) is 59.2 cm³/mol. The summed E-state index contributed by atoms with van der Waals surface area (Å²) in [5.41, 5.74) is -0.511. The Bertz CT molecular complexity index is 555. The summed E-state index contributed by atoms with van der Waals surface area (Å²) in [5, 5.41) is 26.2. The van der Waals surface area contributed by atoms with Crippen molar-refractivity contribution in [3.05, 3.63) is 24.0 Å². The van der Waals surface area contributed by atoms with Crippen molar-refractivity contribution in [3.8, 4) is 6.07 Å². The third-order valence-corrected chi connectivity index (χ3v) is 2.85. The second-order valence-corrected chi connectivity index (χ2v) is 4.85. The topological polar surface area (TPSA) is 110 Å². The van der Waals surface area contributed by atoms with E-state index in [4.69, 9.17) is 15.3 Å². The maximum atomic E-state index is 12.8. The Morgan fingerprint density at radius 1 is 1.47 bits per heavy atom. The molecule has 1 rings (SSSR count). The van der Waals surface area contributed by atoms with Gasteiger partial charge in [0.1, 0.15) is 5.82 Å². The second kappa shape index (κ2) is 5.14. The second-order valence-electron chi connectivity index (χ2n) is 3.12. The Labute approximate surface area is 97.5 Å². The van der Waals surface area contributed by atoms with Gasteiger partial charge in [0.15, 0.2) is 5.75 Å². The number of rotatable bonds is 4. The molecular weight excluding hydrogens is 250 g/mol. The predicted octanol–water partition coefficient (Wildman–Crippen LogP) is -1.23. The zero-order chi connectivity index (χ0) is 13.1. The minimum Gasteiger partial charge on any atom is -0.423 e. The van der Waals surface area contributed by atoms with Crippen LogP contribution in [0.25, 0.3) is 0 Å². The van der Waals surface area contributed by atoms with E-state index in [1.807, 2.05) is 4.72 Å². The molecule has 90 valence electrons. The Balaban J connectivity index is 3.12. The van der Waals surface area contributed by atoms with Crippen LogP contribution in [0.3, 0.4) is 0 Å². The summed E-state index contributed by atoms with van der Waals surface area (Å²) in [5.74, 6) is -1.53. The largest absolute Gasteiger partial charge is 0.490 e. The van der Waals surface area contributed by atoms with Gasteiger partial charge in [-0.2, -0.15) is 5.26 Å². The number of nitrogens with zero attached hydrogens (tertiary/aromatic N) is 1. The van der Waals surface area contributed by atoms with Gasteiger partial charge in [-0.25, -0.2) is 12.8 Å². The van der Waals surface area contributed by atoms with Crippen LogP contribution < -0.4 is 10.2 Å². The van der Waals surface area contributed by atoms with Crippen LogP contribution in [0.2, 0.25) is 0 Å². The minimum atomic E-state index is -3.91. The number of benzene rings is 1. The maximum absolute atomic E-state index is 12.8. The lowest BCUT2D eigenvalue weighted by molar-refractivity contribution is 0.425. The molecule has 0 radical (unpaired) electrons. The first kappa shape index (κ1) is 13.4. The zero-order valence-corrected chi connectivity index (χ0v) is 9.28. The van der Waals surface area contributed by atoms with Gasteiger partial charge in [-0.05, 0) is 18.2 Å². The van der Waals surface area contributed by atoms with Gasteiger partial charge in [0.2, 0.25) is 10.0 Å². The highest BCUT2D eigenvalue weighted by atomic mass is 32.2. The molecule has 0 saturated heterocycles. The van der Waals surface area contributed by atoms with E-state index in [2.05, 4.69) is 0 Å². The molecule has 0 unspecified atom stereocenters. The third kappa shape index (κ3) is 3.71. The zero-order valence-electron chi connectivity index (χ0n) is 8.46. The normalized spacial score (nSPS) is 10.7. The van der Waals surface area contributed by atoms with E-state index in [1.54, 1.807) is 0 Å². The van der Waals surface area contributed by atoms with Gasteiger partial charge in [-0.3, -0.25) is 4.72 Å². The van der Waals surface area contributed by atoms with Crippen molar-refractivity contribution in [1.29, 1.82) is 5.26 Å². The molecule has 0 aromatic heterocycles. The summed E-state index contributed by atoms with van der Waals surface area (Å²) in [6, 6.07) is 4.22. The molecule has 0 fully saturated rings. The van der Waals surface area contributed by atoms with Crippen LogP contribution in [0.1, 0.15) is 0 Å². The Kier molecular flexibility index (Phi) is 4.06. The van der Waals surface area contributed by atoms with Crippen LogP contribution in [0, 0.1) is 17.1 Å². The van der Waals surface area contributed by atoms with E-state index in [9.17, 15) is 12.8 Å². The molecule has 0 aliphatic carbocycles. The molecule has 0 heterocycles. The highest BCUT2D eigenvalue weighted by Gasteiger charge is 2.20. The van der Waals surface area contributed by atoms with Crippen LogP contribution in [-0.4, -0.2) is 31.3 Å². The van der Waals surface area contributed by atoms with Crippen LogP contribution in [0.15, 0.2) is 18.2 Å². The summed E-state index contributed by atoms with van der Waals surface area (Å²) in [6.07, 6.45) is 0. The van der Waals surface area contributed by atoms with Crippen molar-refractivity contribution >= 4 is 28.3 Å². The van der Waals surface area contributed by atoms with Gasteiger partial charge in [0, 0.05) is 11.2 Å². The molecule has 6 nitrogen and oxygen atoms in total. The highest BCUT2D eigenvalue weighted by molar-refractivity contribution is 7.92. The molecule has 0 aliphatic heterocycles. The van der Waals surface area contributed by atoms with Crippen molar-refractivity contribution in [2.75, 3.05) is 10.5 Å². The minimum absolute atomic E-state index is 0.184. The quantitative estimate of drug-likeness (QED) is 0.585. The average molecular weight is 258 g/mol. The average Bonchev–Trinajstić information content (AvgIpc) is 2.20. The fraction of sp³-hybridized carbons (Fsp3) is 0.125. The first-order valence-electron chi connectivity index (χ1n) is 4.39. The van der Waals surface area contributed by atoms with Gasteiger partial charge in [-0.1, -0.05) is 0 Å². The molecule has 0 amide bonds.